The summed E-state index contributed by atoms with van der Waals surface area (Å²) in [6, 6.07) is 2.91. The van der Waals surface area contributed by atoms with E-state index in [4.69, 9.17) is 5.73 Å². The van der Waals surface area contributed by atoms with Crippen LogP contribution in [0.4, 0.5) is 0 Å². The largest absolute Gasteiger partial charge is 0.508 e. The molecule has 1 aromatic rings. The highest BCUT2D eigenvalue weighted by Gasteiger charge is 2.30. The van der Waals surface area contributed by atoms with Crippen molar-refractivity contribution in [2.45, 2.75) is 51.7 Å². The number of carboxylic acid groups (broad SMARTS) is 1. The maximum atomic E-state index is 12.8. The fourth-order valence-corrected chi connectivity index (χ4v) is 2.68. The molecule has 0 aromatic heterocycles. The number of nitrogens with one attached hydrogen (secondary N) is 3. The molecule has 1 rings (SSSR count). The number of carbonyl (C=O) groups excluding carboxylic acids is 3. The number of amides is 3. The maximum Gasteiger partial charge on any atom is 0.326 e. The topological polar surface area (TPSA) is 171 Å². The zero-order valence-electron chi connectivity index (χ0n) is 17.3. The molecule has 0 saturated carbocycles. The number of carboxylic acids is 1. The first-order valence-corrected chi connectivity index (χ1v) is 9.69. The molecule has 0 saturated heterocycles. The number of benzene rings is 1. The van der Waals surface area contributed by atoms with E-state index in [0.29, 0.717) is 12.0 Å². The number of carbonyl (C=O) groups is 4. The summed E-state index contributed by atoms with van der Waals surface area (Å²) < 4.78 is 0. The Hall–Kier alpha value is -3.14. The molecule has 0 aliphatic rings. The van der Waals surface area contributed by atoms with Gasteiger partial charge in [0.05, 0.1) is 6.54 Å². The first-order chi connectivity index (χ1) is 14.1. The smallest absolute Gasteiger partial charge is 0.326 e. The van der Waals surface area contributed by atoms with Crippen LogP contribution in [0.25, 0.3) is 0 Å². The second-order valence-corrected chi connectivity index (χ2v) is 7.14. The number of aliphatic carboxylic acids is 1. The molecular weight excluding hydrogens is 392 g/mol. The summed E-state index contributed by atoms with van der Waals surface area (Å²) in [4.78, 5) is 48.3. The molecule has 0 heterocycles. The number of hydrogen-bond acceptors (Lipinski definition) is 6. The minimum absolute atomic E-state index is 0.0459. The van der Waals surface area contributed by atoms with Gasteiger partial charge >= 0.3 is 5.97 Å². The summed E-state index contributed by atoms with van der Waals surface area (Å²) in [6.07, 6.45) is 0.594. The standard InChI is InChI=1S/C20H30N4O6/c1-4-11(2)17(20(29)30)24-19(28)15(9-13-5-7-14(25)8-6-13)23-18(27)12(3)22-16(26)10-21/h5-8,11-12,15,17,25H,4,9-10,21H2,1-3H3,(H,22,26)(H,23,27)(H,24,28)(H,29,30). The molecule has 166 valence electrons. The lowest BCUT2D eigenvalue weighted by molar-refractivity contribution is -0.143. The summed E-state index contributed by atoms with van der Waals surface area (Å²) in [5.41, 5.74) is 5.87. The Labute approximate surface area is 175 Å². The Morgan fingerprint density at radius 1 is 1.00 bits per heavy atom. The van der Waals surface area contributed by atoms with Crippen molar-refractivity contribution >= 4 is 23.7 Å². The molecule has 30 heavy (non-hydrogen) atoms. The lowest BCUT2D eigenvalue weighted by atomic mass is 9.98. The van der Waals surface area contributed by atoms with Crippen LogP contribution in [-0.4, -0.2) is 58.6 Å². The summed E-state index contributed by atoms with van der Waals surface area (Å²) in [6.45, 7) is 4.67. The molecule has 0 bridgehead atoms. The highest BCUT2D eigenvalue weighted by atomic mass is 16.4. The van der Waals surface area contributed by atoms with Crippen LogP contribution in [0, 0.1) is 5.92 Å². The fraction of sp³-hybridized carbons (Fsp3) is 0.500. The van der Waals surface area contributed by atoms with E-state index in [2.05, 4.69) is 16.0 Å². The predicted molar refractivity (Wildman–Crippen MR) is 109 cm³/mol. The van der Waals surface area contributed by atoms with Crippen LogP contribution < -0.4 is 21.7 Å². The molecule has 7 N–H and O–H groups in total. The predicted octanol–water partition coefficient (Wildman–Crippen LogP) is -0.502. The Kier molecular flexibility index (Phi) is 9.76. The van der Waals surface area contributed by atoms with E-state index >= 15 is 0 Å². The minimum atomic E-state index is -1.17. The van der Waals surface area contributed by atoms with Gasteiger partial charge in [0.1, 0.15) is 23.9 Å². The molecule has 10 heteroatoms. The van der Waals surface area contributed by atoms with E-state index < -0.39 is 41.8 Å². The van der Waals surface area contributed by atoms with Crippen molar-refractivity contribution in [3.8, 4) is 5.75 Å². The molecular formula is C20H30N4O6. The van der Waals surface area contributed by atoms with Gasteiger partial charge in [-0.1, -0.05) is 32.4 Å². The van der Waals surface area contributed by atoms with Gasteiger partial charge < -0.3 is 31.9 Å². The zero-order chi connectivity index (χ0) is 22.8. The number of rotatable bonds is 11. The Morgan fingerprint density at radius 2 is 1.60 bits per heavy atom. The minimum Gasteiger partial charge on any atom is -0.508 e. The van der Waals surface area contributed by atoms with Crippen LogP contribution in [0.1, 0.15) is 32.8 Å². The van der Waals surface area contributed by atoms with E-state index in [0.717, 1.165) is 0 Å². The number of phenolic OH excluding ortho intramolecular Hbond substituents is 1. The fourth-order valence-electron chi connectivity index (χ4n) is 2.68. The van der Waals surface area contributed by atoms with Gasteiger partial charge in [-0.2, -0.15) is 0 Å². The van der Waals surface area contributed by atoms with Gasteiger partial charge in [0, 0.05) is 6.42 Å². The van der Waals surface area contributed by atoms with Gasteiger partial charge in [0.25, 0.3) is 0 Å². The van der Waals surface area contributed by atoms with Crippen molar-refractivity contribution < 1.29 is 29.4 Å². The molecule has 4 atom stereocenters. The monoisotopic (exact) mass is 422 g/mol. The van der Waals surface area contributed by atoms with Gasteiger partial charge in [-0.15, -0.1) is 0 Å². The average molecular weight is 422 g/mol. The van der Waals surface area contributed by atoms with E-state index in [1.165, 1.54) is 19.1 Å². The Balaban J connectivity index is 3.02. The number of nitrogens with two attached hydrogens (primary N) is 1. The maximum absolute atomic E-state index is 12.8. The lowest BCUT2D eigenvalue weighted by Crippen LogP contribution is -2.57. The van der Waals surface area contributed by atoms with Gasteiger partial charge in [0.15, 0.2) is 0 Å². The van der Waals surface area contributed by atoms with Gasteiger partial charge in [0.2, 0.25) is 17.7 Å². The van der Waals surface area contributed by atoms with Crippen molar-refractivity contribution in [3.05, 3.63) is 29.8 Å². The van der Waals surface area contributed by atoms with Gasteiger partial charge in [-0.3, -0.25) is 14.4 Å². The van der Waals surface area contributed by atoms with Crippen LogP contribution in [0.15, 0.2) is 24.3 Å². The van der Waals surface area contributed by atoms with E-state index in [1.807, 2.05) is 6.92 Å². The molecule has 0 spiro atoms. The van der Waals surface area contributed by atoms with E-state index in [9.17, 15) is 29.4 Å². The van der Waals surface area contributed by atoms with Crippen LogP contribution >= 0.6 is 0 Å². The summed E-state index contributed by atoms with van der Waals surface area (Å²) in [7, 11) is 0. The van der Waals surface area contributed by atoms with Crippen LogP contribution in [-0.2, 0) is 25.6 Å². The molecule has 4 unspecified atom stereocenters. The quantitative estimate of drug-likeness (QED) is 0.279. The molecule has 10 nitrogen and oxygen atoms in total. The van der Waals surface area contributed by atoms with Crippen molar-refractivity contribution in [1.82, 2.24) is 16.0 Å². The third-order valence-electron chi connectivity index (χ3n) is 4.74. The zero-order valence-corrected chi connectivity index (χ0v) is 17.3. The first-order valence-electron chi connectivity index (χ1n) is 9.69. The second-order valence-electron chi connectivity index (χ2n) is 7.14. The van der Waals surface area contributed by atoms with Crippen LogP contribution in [0.5, 0.6) is 5.75 Å². The van der Waals surface area contributed by atoms with Crippen LogP contribution in [0.3, 0.4) is 0 Å². The molecule has 0 radical (unpaired) electrons. The SMILES string of the molecule is CCC(C)C(NC(=O)C(Cc1ccc(O)cc1)NC(=O)C(C)NC(=O)CN)C(=O)O. The highest BCUT2D eigenvalue weighted by Crippen LogP contribution is 2.13. The second kappa shape index (κ2) is 11.8. The third-order valence-corrected chi connectivity index (χ3v) is 4.74. The summed E-state index contributed by atoms with van der Waals surface area (Å²) in [5, 5.41) is 26.3. The lowest BCUT2D eigenvalue weighted by Gasteiger charge is -2.25. The third kappa shape index (κ3) is 7.70. The molecule has 1 aromatic carbocycles. The number of phenols is 1. The normalized spacial score (nSPS) is 14.7. The molecule has 0 aliphatic carbocycles. The summed E-state index contributed by atoms with van der Waals surface area (Å²) in [5.74, 6) is -3.26. The van der Waals surface area contributed by atoms with Crippen molar-refractivity contribution in [2.75, 3.05) is 6.54 Å². The van der Waals surface area contributed by atoms with Crippen molar-refractivity contribution in [1.29, 1.82) is 0 Å². The number of hydrogen-bond donors (Lipinski definition) is 6. The molecule has 3 amide bonds. The number of aromatic hydroxyl groups is 1. The first kappa shape index (κ1) is 24.9. The summed E-state index contributed by atoms with van der Waals surface area (Å²) >= 11 is 0. The molecule has 0 aliphatic heterocycles. The van der Waals surface area contributed by atoms with Crippen molar-refractivity contribution in [3.63, 3.8) is 0 Å². The van der Waals surface area contributed by atoms with Crippen LogP contribution in [0.2, 0.25) is 0 Å². The average Bonchev–Trinajstić information content (AvgIpc) is 2.71. The van der Waals surface area contributed by atoms with Gasteiger partial charge in [-0.25, -0.2) is 4.79 Å². The van der Waals surface area contributed by atoms with E-state index in [1.54, 1.807) is 19.1 Å². The van der Waals surface area contributed by atoms with Crippen molar-refractivity contribution in [2.24, 2.45) is 11.7 Å². The van der Waals surface area contributed by atoms with E-state index in [-0.39, 0.29) is 24.6 Å². The molecule has 0 fully saturated rings. The Morgan fingerprint density at radius 3 is 2.10 bits per heavy atom. The van der Waals surface area contributed by atoms with Gasteiger partial charge in [-0.05, 0) is 30.5 Å². The highest BCUT2D eigenvalue weighted by molar-refractivity contribution is 5.93. The Bertz CT molecular complexity index is 752.